The fourth-order valence-electron chi connectivity index (χ4n) is 6.71. The summed E-state index contributed by atoms with van der Waals surface area (Å²) in [7, 11) is 1.69. The van der Waals surface area contributed by atoms with E-state index in [-0.39, 0.29) is 43.7 Å². The van der Waals surface area contributed by atoms with Gasteiger partial charge in [0.05, 0.1) is 54.5 Å². The first-order valence-electron chi connectivity index (χ1n) is 14.8. The Balaban J connectivity index is 1.30. The summed E-state index contributed by atoms with van der Waals surface area (Å²) >= 11 is 0. The molecular formula is C28H36F3N9O4. The fourth-order valence-corrected chi connectivity index (χ4v) is 6.71. The second kappa shape index (κ2) is 11.6. The molecule has 238 valence electrons. The Bertz CT molecular complexity index is 1390. The van der Waals surface area contributed by atoms with Crippen molar-refractivity contribution >= 4 is 35.2 Å². The summed E-state index contributed by atoms with van der Waals surface area (Å²) in [5.41, 5.74) is 0.299. The molecule has 0 radical (unpaired) electrons. The van der Waals surface area contributed by atoms with Crippen molar-refractivity contribution in [2.75, 3.05) is 55.0 Å². The Hall–Kier alpha value is -3.79. The number of anilines is 4. The van der Waals surface area contributed by atoms with Crippen molar-refractivity contribution < 1.29 is 32.2 Å². The molecule has 6 rings (SSSR count). The Morgan fingerprint density at radius 1 is 1.16 bits per heavy atom. The number of carbonyl (C=O) groups excluding carboxylic acids is 1. The molecule has 44 heavy (non-hydrogen) atoms. The lowest BCUT2D eigenvalue weighted by Gasteiger charge is -2.37. The average Bonchev–Trinajstić information content (AvgIpc) is 3.58. The fraction of sp³-hybridized carbons (Fsp3) is 0.643. The van der Waals surface area contributed by atoms with Crippen molar-refractivity contribution in [3.63, 3.8) is 0 Å². The van der Waals surface area contributed by atoms with E-state index in [1.807, 2.05) is 18.7 Å². The van der Waals surface area contributed by atoms with Crippen molar-refractivity contribution in [3.8, 4) is 0 Å². The summed E-state index contributed by atoms with van der Waals surface area (Å²) < 4.78 is 57.0. The minimum Gasteiger partial charge on any atom is -0.457 e. The standard InChI is InChI=1S/C28H36F3N9O4/c1-16-12-38(13-17(2)44-16)26-34-10-18(11-35-26)40-23-21(27(24(40)41)6-4-5-7-27)22(33-3)36-20(37-23)15-43-25(32)39-8-9-42-14-19(39)28(29,30)31/h10-11,16-17,19,32H,4-9,12-15H2,1-3H3,(H,33,36,37)/t16-,17+,19?. The number of halogens is 3. The number of hydrogen-bond acceptors (Lipinski definition) is 11. The van der Waals surface area contributed by atoms with Crippen molar-refractivity contribution in [3.05, 3.63) is 23.8 Å². The number of morpholine rings is 2. The maximum absolute atomic E-state index is 14.2. The van der Waals surface area contributed by atoms with Crippen molar-refractivity contribution in [2.24, 2.45) is 0 Å². The highest BCUT2D eigenvalue weighted by Gasteiger charge is 2.56. The van der Waals surface area contributed by atoms with Crippen LogP contribution in [0.1, 0.15) is 50.9 Å². The Morgan fingerprint density at radius 3 is 2.48 bits per heavy atom. The number of aromatic nitrogens is 4. The topological polar surface area (TPSA) is 142 Å². The van der Waals surface area contributed by atoms with Crippen LogP contribution in [0.15, 0.2) is 12.4 Å². The maximum atomic E-state index is 14.2. The van der Waals surface area contributed by atoms with Crippen LogP contribution < -0.4 is 15.1 Å². The number of alkyl halides is 3. The third-order valence-corrected chi connectivity index (χ3v) is 8.62. The van der Waals surface area contributed by atoms with Gasteiger partial charge < -0.3 is 29.3 Å². The monoisotopic (exact) mass is 619 g/mol. The van der Waals surface area contributed by atoms with Gasteiger partial charge in [-0.15, -0.1) is 0 Å². The van der Waals surface area contributed by atoms with Crippen LogP contribution in [-0.2, 0) is 31.0 Å². The lowest BCUT2D eigenvalue weighted by Crippen LogP contribution is -2.55. The molecule has 2 aromatic heterocycles. The third kappa shape index (κ3) is 5.38. The third-order valence-electron chi connectivity index (χ3n) is 8.62. The number of amidine groups is 1. The van der Waals surface area contributed by atoms with Gasteiger partial charge in [-0.05, 0) is 26.7 Å². The predicted octanol–water partition coefficient (Wildman–Crippen LogP) is 3.13. The van der Waals surface area contributed by atoms with E-state index >= 15 is 0 Å². The second-order valence-corrected chi connectivity index (χ2v) is 11.7. The van der Waals surface area contributed by atoms with Crippen molar-refractivity contribution in [2.45, 2.75) is 76.0 Å². The van der Waals surface area contributed by atoms with Gasteiger partial charge in [0.25, 0.3) is 6.02 Å². The molecular weight excluding hydrogens is 583 g/mol. The number of rotatable bonds is 5. The van der Waals surface area contributed by atoms with Gasteiger partial charge in [-0.25, -0.2) is 19.9 Å². The summed E-state index contributed by atoms with van der Waals surface area (Å²) in [4.78, 5) is 37.0. The van der Waals surface area contributed by atoms with Gasteiger partial charge in [-0.2, -0.15) is 13.2 Å². The number of nitrogens with one attached hydrogen (secondary N) is 2. The summed E-state index contributed by atoms with van der Waals surface area (Å²) in [6, 6.07) is -2.64. The highest BCUT2D eigenvalue weighted by Crippen LogP contribution is 2.54. The lowest BCUT2D eigenvalue weighted by molar-refractivity contribution is -0.202. The minimum absolute atomic E-state index is 0.0256. The van der Waals surface area contributed by atoms with Crippen LogP contribution >= 0.6 is 0 Å². The van der Waals surface area contributed by atoms with E-state index in [0.29, 0.717) is 54.8 Å². The SMILES string of the molecule is CNc1nc(COC(=N)N2CCOCC2C(F)(F)F)nc2c1C1(CCCC1)C(=O)N2c1cnc(N2C[C@@H](C)O[C@@H](C)C2)nc1. The Morgan fingerprint density at radius 2 is 1.84 bits per heavy atom. The molecule has 5 heterocycles. The van der Waals surface area contributed by atoms with Crippen LogP contribution in [0.25, 0.3) is 0 Å². The number of amides is 1. The molecule has 2 N–H and O–H groups in total. The van der Waals surface area contributed by atoms with E-state index in [4.69, 9.17) is 24.6 Å². The van der Waals surface area contributed by atoms with Crippen LogP contribution in [-0.4, -0.2) is 101 Å². The van der Waals surface area contributed by atoms with E-state index in [1.165, 1.54) is 4.90 Å². The first-order valence-corrected chi connectivity index (χ1v) is 14.8. The van der Waals surface area contributed by atoms with Gasteiger partial charge in [0, 0.05) is 26.7 Å². The van der Waals surface area contributed by atoms with E-state index in [1.54, 1.807) is 19.4 Å². The van der Waals surface area contributed by atoms with Gasteiger partial charge >= 0.3 is 6.18 Å². The first kappa shape index (κ1) is 30.2. The molecule has 3 fully saturated rings. The van der Waals surface area contributed by atoms with E-state index in [9.17, 15) is 18.0 Å². The summed E-state index contributed by atoms with van der Waals surface area (Å²) in [5.74, 6) is 1.28. The van der Waals surface area contributed by atoms with E-state index in [2.05, 4.69) is 20.3 Å². The van der Waals surface area contributed by atoms with Crippen molar-refractivity contribution in [1.29, 1.82) is 5.41 Å². The van der Waals surface area contributed by atoms with Crippen LogP contribution in [0.2, 0.25) is 0 Å². The molecule has 2 saturated heterocycles. The molecule has 0 aromatic carbocycles. The highest BCUT2D eigenvalue weighted by molar-refractivity contribution is 6.13. The summed E-state index contributed by atoms with van der Waals surface area (Å²) in [6.45, 7) is 4.22. The van der Waals surface area contributed by atoms with E-state index < -0.39 is 30.3 Å². The van der Waals surface area contributed by atoms with Gasteiger partial charge in [-0.1, -0.05) is 12.8 Å². The van der Waals surface area contributed by atoms with Gasteiger partial charge in [0.1, 0.15) is 11.6 Å². The molecule has 16 heteroatoms. The van der Waals surface area contributed by atoms with Gasteiger partial charge in [-0.3, -0.25) is 15.1 Å². The highest BCUT2D eigenvalue weighted by atomic mass is 19.4. The van der Waals surface area contributed by atoms with Gasteiger partial charge in [0.15, 0.2) is 18.5 Å². The molecule has 1 amide bonds. The molecule has 13 nitrogen and oxygen atoms in total. The zero-order valence-corrected chi connectivity index (χ0v) is 24.9. The second-order valence-electron chi connectivity index (χ2n) is 11.7. The van der Waals surface area contributed by atoms with E-state index in [0.717, 1.165) is 17.7 Å². The average molecular weight is 620 g/mol. The molecule has 1 unspecified atom stereocenters. The molecule has 1 spiro atoms. The smallest absolute Gasteiger partial charge is 0.411 e. The van der Waals surface area contributed by atoms with Crippen molar-refractivity contribution in [1.82, 2.24) is 24.8 Å². The van der Waals surface area contributed by atoms with Crippen LogP contribution in [0.3, 0.4) is 0 Å². The molecule has 1 aliphatic carbocycles. The van der Waals surface area contributed by atoms with Gasteiger partial charge in [0.2, 0.25) is 11.9 Å². The number of hydrogen-bond donors (Lipinski definition) is 2. The predicted molar refractivity (Wildman–Crippen MR) is 153 cm³/mol. The summed E-state index contributed by atoms with van der Waals surface area (Å²) in [6.07, 6.45) is 1.66. The molecule has 1 saturated carbocycles. The summed E-state index contributed by atoms with van der Waals surface area (Å²) in [5, 5.41) is 11.3. The van der Waals surface area contributed by atoms with Crippen LogP contribution in [0, 0.1) is 5.41 Å². The van der Waals surface area contributed by atoms with Crippen LogP contribution in [0.5, 0.6) is 0 Å². The number of carbonyl (C=O) groups is 1. The number of nitrogens with zero attached hydrogens (tertiary/aromatic N) is 7. The molecule has 3 atom stereocenters. The van der Waals surface area contributed by atoms with Crippen LogP contribution in [0.4, 0.5) is 36.4 Å². The molecule has 0 bridgehead atoms. The number of ether oxygens (including phenoxy) is 3. The normalized spacial score (nSPS) is 25.0. The number of fused-ring (bicyclic) bond motifs is 2. The Labute approximate surface area is 252 Å². The zero-order valence-electron chi connectivity index (χ0n) is 24.9. The molecule has 4 aliphatic rings. The quantitative estimate of drug-likeness (QED) is 0.377. The minimum atomic E-state index is -4.59. The molecule has 3 aliphatic heterocycles. The maximum Gasteiger partial charge on any atom is 0.411 e. The largest absolute Gasteiger partial charge is 0.457 e. The molecule has 2 aromatic rings. The Kier molecular flexibility index (Phi) is 7.98. The first-order chi connectivity index (χ1) is 21.0. The lowest BCUT2D eigenvalue weighted by atomic mass is 9.80. The zero-order chi connectivity index (χ0) is 31.2.